The van der Waals surface area contributed by atoms with Crippen molar-refractivity contribution in [2.24, 2.45) is 11.7 Å². The summed E-state index contributed by atoms with van der Waals surface area (Å²) in [6.45, 7) is 4.92. The number of hydrogen-bond acceptors (Lipinski definition) is 3. The predicted molar refractivity (Wildman–Crippen MR) is 83.3 cm³/mol. The molecule has 0 radical (unpaired) electrons. The number of carbonyl (C=O) groups excluding carboxylic acids is 1. The lowest BCUT2D eigenvalue weighted by Crippen LogP contribution is -2.36. The van der Waals surface area contributed by atoms with Gasteiger partial charge in [0.15, 0.2) is 0 Å². The van der Waals surface area contributed by atoms with Gasteiger partial charge in [0.05, 0.1) is 11.5 Å². The van der Waals surface area contributed by atoms with Crippen molar-refractivity contribution in [1.82, 2.24) is 4.90 Å². The fourth-order valence-electron chi connectivity index (χ4n) is 1.77. The van der Waals surface area contributed by atoms with Gasteiger partial charge >= 0.3 is 0 Å². The average molecular weight is 279 g/mol. The Morgan fingerprint density at radius 1 is 1.47 bits per heavy atom. The van der Waals surface area contributed by atoms with Crippen LogP contribution in [0.3, 0.4) is 0 Å². The summed E-state index contributed by atoms with van der Waals surface area (Å²) in [6.07, 6.45) is 0. The summed E-state index contributed by atoms with van der Waals surface area (Å²) in [5.74, 6) is 0.0678. The zero-order valence-electron chi connectivity index (χ0n) is 11.6. The van der Waals surface area contributed by atoms with Gasteiger partial charge in [-0.25, -0.2) is 0 Å². The zero-order chi connectivity index (χ0) is 14.4. The number of anilines is 1. The lowest BCUT2D eigenvalue weighted by molar-refractivity contribution is -0.117. The molecular weight excluding hydrogens is 258 g/mol. The van der Waals surface area contributed by atoms with Crippen LogP contribution >= 0.6 is 12.2 Å². The van der Waals surface area contributed by atoms with E-state index in [1.165, 1.54) is 0 Å². The Morgan fingerprint density at radius 3 is 2.68 bits per heavy atom. The molecule has 0 spiro atoms. The Hall–Kier alpha value is -1.46. The summed E-state index contributed by atoms with van der Waals surface area (Å²) in [7, 11) is 1.88. The molecule has 0 bridgehead atoms. The second-order valence-corrected chi connectivity index (χ2v) is 5.33. The van der Waals surface area contributed by atoms with E-state index < -0.39 is 0 Å². The SMILES string of the molecule is Cc1ccccc1NC(=O)CN(C)CC(C)C(N)=S. The molecule has 5 heteroatoms. The van der Waals surface area contributed by atoms with E-state index in [0.717, 1.165) is 11.3 Å². The quantitative estimate of drug-likeness (QED) is 0.780. The fraction of sp³-hybridized carbons (Fsp3) is 0.429. The number of likely N-dealkylation sites (N-methyl/N-ethyl adjacent to an activating group) is 1. The van der Waals surface area contributed by atoms with Gasteiger partial charge in [0.1, 0.15) is 0 Å². The van der Waals surface area contributed by atoms with Crippen molar-refractivity contribution in [3.05, 3.63) is 29.8 Å². The second kappa shape index (κ2) is 7.21. The van der Waals surface area contributed by atoms with Gasteiger partial charge in [-0.2, -0.15) is 0 Å². The molecule has 104 valence electrons. The first-order valence-electron chi connectivity index (χ1n) is 6.23. The third-order valence-electron chi connectivity index (χ3n) is 2.90. The maximum Gasteiger partial charge on any atom is 0.238 e. The first kappa shape index (κ1) is 15.6. The van der Waals surface area contributed by atoms with Crippen molar-refractivity contribution in [3.8, 4) is 0 Å². The van der Waals surface area contributed by atoms with E-state index in [2.05, 4.69) is 5.32 Å². The number of hydrogen-bond donors (Lipinski definition) is 2. The van der Waals surface area contributed by atoms with Gasteiger partial charge in [-0.15, -0.1) is 0 Å². The Kier molecular flexibility index (Phi) is 5.92. The van der Waals surface area contributed by atoms with Gasteiger partial charge in [-0.05, 0) is 25.6 Å². The first-order valence-corrected chi connectivity index (χ1v) is 6.64. The third kappa shape index (κ3) is 5.36. The van der Waals surface area contributed by atoms with Crippen LogP contribution in [0.15, 0.2) is 24.3 Å². The minimum atomic E-state index is -0.0352. The van der Waals surface area contributed by atoms with E-state index in [1.54, 1.807) is 0 Å². The Labute approximate surface area is 120 Å². The number of para-hydroxylation sites is 1. The standard InChI is InChI=1S/C14H21N3OS/c1-10-6-4-5-7-12(10)16-13(18)9-17(3)8-11(2)14(15)19/h4-7,11H,8-9H2,1-3H3,(H2,15,19)(H,16,18). The normalized spacial score (nSPS) is 12.2. The topological polar surface area (TPSA) is 58.4 Å². The number of nitrogens with two attached hydrogens (primary N) is 1. The number of benzene rings is 1. The highest BCUT2D eigenvalue weighted by Crippen LogP contribution is 2.12. The van der Waals surface area contributed by atoms with Gasteiger partial charge in [-0.1, -0.05) is 37.3 Å². The number of rotatable bonds is 6. The van der Waals surface area contributed by atoms with Gasteiger partial charge in [0.2, 0.25) is 5.91 Å². The summed E-state index contributed by atoms with van der Waals surface area (Å²) in [5.41, 5.74) is 7.46. The number of nitrogens with one attached hydrogen (secondary N) is 1. The molecule has 0 aromatic heterocycles. The van der Waals surface area contributed by atoms with Crippen LogP contribution < -0.4 is 11.1 Å². The largest absolute Gasteiger partial charge is 0.393 e. The van der Waals surface area contributed by atoms with Crippen LogP contribution in [0.25, 0.3) is 0 Å². The Bertz CT molecular complexity index is 462. The van der Waals surface area contributed by atoms with Crippen molar-refractivity contribution in [1.29, 1.82) is 0 Å². The molecule has 1 atom stereocenters. The second-order valence-electron chi connectivity index (χ2n) is 4.86. The fourth-order valence-corrected chi connectivity index (χ4v) is 1.84. The molecule has 0 saturated carbocycles. The van der Waals surface area contributed by atoms with E-state index >= 15 is 0 Å². The van der Waals surface area contributed by atoms with Crippen molar-refractivity contribution < 1.29 is 4.79 Å². The minimum absolute atomic E-state index is 0.0352. The molecule has 0 aliphatic carbocycles. The number of carbonyl (C=O) groups is 1. The maximum absolute atomic E-state index is 11.9. The van der Waals surface area contributed by atoms with Gasteiger partial charge in [-0.3, -0.25) is 9.69 Å². The summed E-state index contributed by atoms with van der Waals surface area (Å²) in [5, 5.41) is 2.90. The maximum atomic E-state index is 11.9. The molecule has 1 amide bonds. The number of aryl methyl sites for hydroxylation is 1. The molecule has 3 N–H and O–H groups in total. The van der Waals surface area contributed by atoms with Crippen LogP contribution in [-0.2, 0) is 4.79 Å². The average Bonchev–Trinajstić information content (AvgIpc) is 2.31. The Balaban J connectivity index is 2.47. The molecule has 1 aromatic carbocycles. The molecule has 0 aliphatic rings. The van der Waals surface area contributed by atoms with Crippen LogP contribution in [0.4, 0.5) is 5.69 Å². The highest BCUT2D eigenvalue weighted by molar-refractivity contribution is 7.80. The molecule has 1 aromatic rings. The molecule has 4 nitrogen and oxygen atoms in total. The van der Waals surface area contributed by atoms with Crippen LogP contribution in [0, 0.1) is 12.8 Å². The highest BCUT2D eigenvalue weighted by atomic mass is 32.1. The lowest BCUT2D eigenvalue weighted by atomic mass is 10.1. The monoisotopic (exact) mass is 279 g/mol. The van der Waals surface area contributed by atoms with E-state index in [1.807, 2.05) is 50.1 Å². The summed E-state index contributed by atoms with van der Waals surface area (Å²) >= 11 is 4.92. The molecule has 0 heterocycles. The summed E-state index contributed by atoms with van der Waals surface area (Å²) in [4.78, 5) is 14.3. The minimum Gasteiger partial charge on any atom is -0.393 e. The summed E-state index contributed by atoms with van der Waals surface area (Å²) < 4.78 is 0. The van der Waals surface area contributed by atoms with Crippen LogP contribution in [0.1, 0.15) is 12.5 Å². The van der Waals surface area contributed by atoms with E-state index in [-0.39, 0.29) is 11.8 Å². The van der Waals surface area contributed by atoms with Gasteiger partial charge < -0.3 is 11.1 Å². The predicted octanol–water partition coefficient (Wildman–Crippen LogP) is 1.79. The van der Waals surface area contributed by atoms with Crippen molar-refractivity contribution in [3.63, 3.8) is 0 Å². The van der Waals surface area contributed by atoms with Crippen molar-refractivity contribution in [2.45, 2.75) is 13.8 Å². The number of nitrogens with zero attached hydrogens (tertiary/aromatic N) is 1. The van der Waals surface area contributed by atoms with Crippen LogP contribution in [-0.4, -0.2) is 35.9 Å². The van der Waals surface area contributed by atoms with Crippen molar-refractivity contribution >= 4 is 28.8 Å². The molecule has 1 rings (SSSR count). The van der Waals surface area contributed by atoms with Gasteiger partial charge in [0.25, 0.3) is 0 Å². The van der Waals surface area contributed by atoms with Crippen molar-refractivity contribution in [2.75, 3.05) is 25.5 Å². The zero-order valence-corrected chi connectivity index (χ0v) is 12.5. The molecule has 0 aliphatic heterocycles. The molecule has 0 fully saturated rings. The van der Waals surface area contributed by atoms with Crippen LogP contribution in [0.5, 0.6) is 0 Å². The molecule has 1 unspecified atom stereocenters. The first-order chi connectivity index (χ1) is 8.90. The van der Waals surface area contributed by atoms with E-state index in [4.69, 9.17) is 18.0 Å². The third-order valence-corrected chi connectivity index (χ3v) is 3.31. The lowest BCUT2D eigenvalue weighted by Gasteiger charge is -2.20. The Morgan fingerprint density at radius 2 is 2.11 bits per heavy atom. The van der Waals surface area contributed by atoms with E-state index in [9.17, 15) is 4.79 Å². The number of amides is 1. The number of thiocarbonyl (C=S) groups is 1. The molecular formula is C14H21N3OS. The van der Waals surface area contributed by atoms with Gasteiger partial charge in [0, 0.05) is 18.2 Å². The van der Waals surface area contributed by atoms with Crippen LogP contribution in [0.2, 0.25) is 0 Å². The molecule has 0 saturated heterocycles. The summed E-state index contributed by atoms with van der Waals surface area (Å²) in [6, 6.07) is 7.71. The highest BCUT2D eigenvalue weighted by Gasteiger charge is 2.12. The molecule has 19 heavy (non-hydrogen) atoms. The van der Waals surface area contributed by atoms with E-state index in [0.29, 0.717) is 18.1 Å². The smallest absolute Gasteiger partial charge is 0.238 e.